The van der Waals surface area contributed by atoms with Crippen molar-refractivity contribution in [3.05, 3.63) is 57.1 Å². The molecular weight excluding hydrogens is 274 g/mol. The Labute approximate surface area is 119 Å². The van der Waals surface area contributed by atoms with Gasteiger partial charge in [0.2, 0.25) is 10.2 Å². The molecular formula is C13H11N5OS. The smallest absolute Gasteiger partial charge is 0.213 e. The number of H-pyrrole nitrogens is 2. The average molecular weight is 285 g/mol. The number of hydrogen-bond acceptors (Lipinski definition) is 4. The summed E-state index contributed by atoms with van der Waals surface area (Å²) in [4.78, 5) is 16.1. The molecule has 0 aliphatic carbocycles. The lowest BCUT2D eigenvalue weighted by atomic mass is 10.3. The van der Waals surface area contributed by atoms with E-state index >= 15 is 0 Å². The van der Waals surface area contributed by atoms with Crippen molar-refractivity contribution in [2.75, 3.05) is 0 Å². The van der Waals surface area contributed by atoms with Crippen LogP contribution in [0.5, 0.6) is 0 Å². The fourth-order valence-electron chi connectivity index (χ4n) is 1.92. The van der Waals surface area contributed by atoms with Gasteiger partial charge in [0.15, 0.2) is 11.5 Å². The van der Waals surface area contributed by atoms with Crippen LogP contribution in [0.2, 0.25) is 0 Å². The van der Waals surface area contributed by atoms with Crippen molar-refractivity contribution < 1.29 is 0 Å². The second kappa shape index (κ2) is 4.86. The van der Waals surface area contributed by atoms with Crippen LogP contribution in [-0.2, 0) is 0 Å². The number of benzene rings is 1. The Kier molecular flexibility index (Phi) is 3.03. The number of para-hydroxylation sites is 1. The van der Waals surface area contributed by atoms with E-state index in [0.29, 0.717) is 5.82 Å². The molecule has 0 aliphatic rings. The summed E-state index contributed by atoms with van der Waals surface area (Å²) < 4.78 is 1.98. The van der Waals surface area contributed by atoms with Crippen molar-refractivity contribution in [2.45, 2.75) is 6.92 Å². The SMILES string of the molecule is Cc1cc(=O)c(-c2nc(=S)[nH][nH]2)nn1-c1ccccc1. The highest BCUT2D eigenvalue weighted by Crippen LogP contribution is 2.11. The van der Waals surface area contributed by atoms with E-state index in [4.69, 9.17) is 12.2 Å². The predicted octanol–water partition coefficient (Wildman–Crippen LogP) is 1.99. The van der Waals surface area contributed by atoms with Crippen LogP contribution < -0.4 is 5.43 Å². The van der Waals surface area contributed by atoms with Crippen LogP contribution in [0.15, 0.2) is 41.2 Å². The van der Waals surface area contributed by atoms with E-state index in [9.17, 15) is 4.79 Å². The molecule has 0 radical (unpaired) electrons. The molecule has 0 saturated heterocycles. The normalized spacial score (nSPS) is 10.7. The molecule has 100 valence electrons. The van der Waals surface area contributed by atoms with Crippen molar-refractivity contribution in [3.8, 4) is 17.2 Å². The molecule has 3 rings (SSSR count). The maximum atomic E-state index is 12.0. The minimum atomic E-state index is -0.201. The second-order valence-corrected chi connectivity index (χ2v) is 4.65. The van der Waals surface area contributed by atoms with Crippen molar-refractivity contribution in [1.29, 1.82) is 0 Å². The summed E-state index contributed by atoms with van der Waals surface area (Å²) in [5.41, 5.74) is 1.65. The standard InChI is InChI=1S/C13H11N5OS/c1-8-7-10(19)11(12-14-13(20)16-15-12)17-18(8)9-5-3-2-4-6-9/h2-7H,1H3,(H2,14,15,16,20). The molecule has 2 N–H and O–H groups in total. The maximum Gasteiger partial charge on any atom is 0.213 e. The fourth-order valence-corrected chi connectivity index (χ4v) is 2.07. The Morgan fingerprint density at radius 3 is 2.60 bits per heavy atom. The molecule has 2 aromatic heterocycles. The third-order valence-electron chi connectivity index (χ3n) is 2.83. The molecule has 0 fully saturated rings. The molecule has 20 heavy (non-hydrogen) atoms. The predicted molar refractivity (Wildman–Crippen MR) is 77.3 cm³/mol. The number of hydrogen-bond donors (Lipinski definition) is 2. The lowest BCUT2D eigenvalue weighted by Gasteiger charge is -2.09. The Bertz CT molecular complexity index is 862. The van der Waals surface area contributed by atoms with Crippen LogP contribution in [0.1, 0.15) is 5.69 Å². The van der Waals surface area contributed by atoms with E-state index in [1.165, 1.54) is 6.07 Å². The van der Waals surface area contributed by atoms with Gasteiger partial charge in [-0.25, -0.2) is 4.68 Å². The van der Waals surface area contributed by atoms with Gasteiger partial charge in [0.25, 0.3) is 0 Å². The molecule has 1 aromatic carbocycles. The van der Waals surface area contributed by atoms with E-state index in [0.717, 1.165) is 11.4 Å². The topological polar surface area (TPSA) is 79.4 Å². The molecule has 0 bridgehead atoms. The Morgan fingerprint density at radius 1 is 1.20 bits per heavy atom. The maximum absolute atomic E-state index is 12.0. The minimum absolute atomic E-state index is 0.201. The monoisotopic (exact) mass is 285 g/mol. The van der Waals surface area contributed by atoms with Crippen LogP contribution in [0, 0.1) is 11.7 Å². The van der Waals surface area contributed by atoms with Gasteiger partial charge in [-0.05, 0) is 31.3 Å². The summed E-state index contributed by atoms with van der Waals surface area (Å²) >= 11 is 4.89. The first-order valence-corrected chi connectivity index (χ1v) is 6.37. The van der Waals surface area contributed by atoms with Gasteiger partial charge >= 0.3 is 0 Å². The van der Waals surface area contributed by atoms with Crippen molar-refractivity contribution in [1.82, 2.24) is 25.0 Å². The van der Waals surface area contributed by atoms with Crippen molar-refractivity contribution >= 4 is 12.2 Å². The Balaban J connectivity index is 2.23. The molecule has 0 spiro atoms. The molecule has 0 atom stereocenters. The summed E-state index contributed by atoms with van der Waals surface area (Å²) in [6, 6.07) is 11.1. The van der Waals surface area contributed by atoms with E-state index in [1.54, 1.807) is 4.68 Å². The van der Waals surface area contributed by atoms with Crippen LogP contribution in [0.25, 0.3) is 17.2 Å². The largest absolute Gasteiger partial charge is 0.287 e. The van der Waals surface area contributed by atoms with Gasteiger partial charge in [-0.2, -0.15) is 10.1 Å². The highest BCUT2D eigenvalue weighted by Gasteiger charge is 2.12. The van der Waals surface area contributed by atoms with Crippen LogP contribution in [-0.4, -0.2) is 25.0 Å². The van der Waals surface area contributed by atoms with Crippen LogP contribution >= 0.6 is 12.2 Å². The number of aromatic nitrogens is 5. The van der Waals surface area contributed by atoms with Gasteiger partial charge < -0.3 is 0 Å². The highest BCUT2D eigenvalue weighted by atomic mass is 32.1. The van der Waals surface area contributed by atoms with E-state index in [2.05, 4.69) is 20.3 Å². The summed E-state index contributed by atoms with van der Waals surface area (Å²) in [7, 11) is 0. The van der Waals surface area contributed by atoms with Gasteiger partial charge in [0, 0.05) is 11.8 Å². The van der Waals surface area contributed by atoms with E-state index in [1.807, 2.05) is 37.3 Å². The quantitative estimate of drug-likeness (QED) is 0.706. The van der Waals surface area contributed by atoms with Gasteiger partial charge in [-0.1, -0.05) is 18.2 Å². The van der Waals surface area contributed by atoms with Gasteiger partial charge in [0.05, 0.1) is 5.69 Å². The molecule has 7 heteroatoms. The third kappa shape index (κ3) is 2.19. The molecule has 6 nitrogen and oxygen atoms in total. The van der Waals surface area contributed by atoms with Crippen molar-refractivity contribution in [2.24, 2.45) is 0 Å². The molecule has 3 aromatic rings. The molecule has 0 saturated carbocycles. The summed E-state index contributed by atoms with van der Waals surface area (Å²) in [6.07, 6.45) is 0. The zero-order valence-corrected chi connectivity index (χ0v) is 11.4. The van der Waals surface area contributed by atoms with Gasteiger partial charge in [-0.3, -0.25) is 15.0 Å². The number of aromatic amines is 2. The lowest BCUT2D eigenvalue weighted by molar-refractivity contribution is 0.801. The minimum Gasteiger partial charge on any atom is -0.287 e. The van der Waals surface area contributed by atoms with Gasteiger partial charge in [-0.15, -0.1) is 0 Å². The number of nitrogens with zero attached hydrogens (tertiary/aromatic N) is 3. The third-order valence-corrected chi connectivity index (χ3v) is 3.03. The average Bonchev–Trinajstić information content (AvgIpc) is 2.86. The highest BCUT2D eigenvalue weighted by molar-refractivity contribution is 7.71. The zero-order valence-electron chi connectivity index (χ0n) is 10.6. The summed E-state index contributed by atoms with van der Waals surface area (Å²) in [5.74, 6) is 0.338. The molecule has 0 amide bonds. The zero-order chi connectivity index (χ0) is 14.1. The number of nitrogens with one attached hydrogen (secondary N) is 2. The fraction of sp³-hybridized carbons (Fsp3) is 0.0769. The molecule has 0 aliphatic heterocycles. The van der Waals surface area contributed by atoms with Crippen molar-refractivity contribution in [3.63, 3.8) is 0 Å². The molecule has 0 unspecified atom stereocenters. The Morgan fingerprint density at radius 2 is 1.95 bits per heavy atom. The van der Waals surface area contributed by atoms with Crippen LogP contribution in [0.4, 0.5) is 0 Å². The first-order valence-electron chi connectivity index (χ1n) is 5.96. The number of aryl methyl sites for hydroxylation is 1. The summed E-state index contributed by atoms with van der Waals surface area (Å²) in [6.45, 7) is 1.83. The van der Waals surface area contributed by atoms with Gasteiger partial charge in [0.1, 0.15) is 0 Å². The first-order chi connectivity index (χ1) is 9.65. The van der Waals surface area contributed by atoms with E-state index < -0.39 is 0 Å². The van der Waals surface area contributed by atoms with E-state index in [-0.39, 0.29) is 15.9 Å². The molecule has 2 heterocycles. The number of rotatable bonds is 2. The van der Waals surface area contributed by atoms with Crippen LogP contribution in [0.3, 0.4) is 0 Å². The lowest BCUT2D eigenvalue weighted by Crippen LogP contribution is -2.16. The summed E-state index contributed by atoms with van der Waals surface area (Å²) in [5, 5.41) is 9.77. The Hall–Kier alpha value is -2.54. The second-order valence-electron chi connectivity index (χ2n) is 4.26. The first kappa shape index (κ1) is 12.5.